The van der Waals surface area contributed by atoms with E-state index in [-0.39, 0.29) is 24.2 Å². The first-order chi connectivity index (χ1) is 14.7. The number of carbonyl (C=O) groups is 3. The lowest BCUT2D eigenvalue weighted by Crippen LogP contribution is -2.50. The summed E-state index contributed by atoms with van der Waals surface area (Å²) in [7, 11) is -3.21. The van der Waals surface area contributed by atoms with E-state index in [2.05, 4.69) is 5.32 Å². The Morgan fingerprint density at radius 3 is 2.61 bits per heavy atom. The molecule has 0 bridgehead atoms. The van der Waals surface area contributed by atoms with Crippen LogP contribution >= 0.6 is 0 Å². The van der Waals surface area contributed by atoms with E-state index < -0.39 is 45.8 Å². The highest BCUT2D eigenvalue weighted by Gasteiger charge is 2.50. The topological polar surface area (TPSA) is 113 Å². The molecule has 0 saturated carbocycles. The number of benzene rings is 1. The lowest BCUT2D eigenvalue weighted by molar-refractivity contribution is -0.141. The monoisotopic (exact) mass is 449 g/mol. The molecule has 31 heavy (non-hydrogen) atoms. The molecule has 10 heteroatoms. The van der Waals surface area contributed by atoms with Crippen LogP contribution < -0.4 is 5.32 Å². The maximum absolute atomic E-state index is 13.2. The van der Waals surface area contributed by atoms with E-state index in [1.807, 2.05) is 6.07 Å². The van der Waals surface area contributed by atoms with Crippen LogP contribution in [0.25, 0.3) is 0 Å². The van der Waals surface area contributed by atoms with Gasteiger partial charge in [-0.1, -0.05) is 30.3 Å². The summed E-state index contributed by atoms with van der Waals surface area (Å²) in [5, 5.41) is 2.69. The average Bonchev–Trinajstić information content (AvgIpc) is 3.43. The molecule has 3 saturated heterocycles. The van der Waals surface area contributed by atoms with Gasteiger partial charge in [0.1, 0.15) is 12.1 Å². The number of urea groups is 1. The van der Waals surface area contributed by atoms with E-state index >= 15 is 0 Å². The van der Waals surface area contributed by atoms with Gasteiger partial charge in [0, 0.05) is 19.2 Å². The number of sulfone groups is 1. The zero-order chi connectivity index (χ0) is 22.2. The Kier molecular flexibility index (Phi) is 5.78. The molecule has 0 aliphatic carbocycles. The predicted molar refractivity (Wildman–Crippen MR) is 112 cm³/mol. The molecule has 3 aliphatic heterocycles. The Labute approximate surface area is 181 Å². The van der Waals surface area contributed by atoms with E-state index in [0.717, 1.165) is 17.7 Å². The predicted octanol–water partition coefficient (Wildman–Crippen LogP) is 0.648. The lowest BCUT2D eigenvalue weighted by Gasteiger charge is -2.31. The van der Waals surface area contributed by atoms with Crippen molar-refractivity contribution in [3.05, 3.63) is 35.9 Å². The van der Waals surface area contributed by atoms with Gasteiger partial charge in [0.05, 0.1) is 17.6 Å². The molecule has 3 aliphatic rings. The molecule has 1 aromatic carbocycles. The standard InChI is InChI=1S/C21H27N3O6S/c1-21(15-6-3-2-4-7-15)19(26)24(20(27)22-21)13-18(25)23(12-17-8-5-10-30-17)16-9-11-31(28,29)14-16/h2-4,6-7,16-17H,5,8-14H2,1H3,(H,22,27)/t16-,17-,21+/m0/s1. The normalized spacial score (nSPS) is 29.9. The Balaban J connectivity index is 1.52. The van der Waals surface area contributed by atoms with Crippen LogP contribution in [-0.2, 0) is 29.7 Å². The minimum absolute atomic E-state index is 0.0299. The quantitative estimate of drug-likeness (QED) is 0.638. The SMILES string of the molecule is C[C@]1(c2ccccc2)NC(=O)N(CC(=O)N(C[C@@H]2CCCO2)[C@H]2CCS(=O)(=O)C2)C1=O. The van der Waals surface area contributed by atoms with Crippen LogP contribution in [0.3, 0.4) is 0 Å². The average molecular weight is 450 g/mol. The first-order valence-corrected chi connectivity index (χ1v) is 12.3. The van der Waals surface area contributed by atoms with Crippen molar-refractivity contribution in [2.24, 2.45) is 0 Å². The van der Waals surface area contributed by atoms with Crippen LogP contribution in [0.15, 0.2) is 30.3 Å². The van der Waals surface area contributed by atoms with Crippen molar-refractivity contribution in [2.75, 3.05) is 31.2 Å². The fourth-order valence-corrected chi connectivity index (χ4v) is 6.25. The van der Waals surface area contributed by atoms with Crippen molar-refractivity contribution >= 4 is 27.7 Å². The molecule has 4 amide bonds. The Morgan fingerprint density at radius 2 is 2.00 bits per heavy atom. The highest BCUT2D eigenvalue weighted by Crippen LogP contribution is 2.29. The zero-order valence-corrected chi connectivity index (χ0v) is 18.3. The summed E-state index contributed by atoms with van der Waals surface area (Å²) in [5.74, 6) is -1.03. The third-order valence-electron chi connectivity index (χ3n) is 6.31. The van der Waals surface area contributed by atoms with Crippen LogP contribution in [0.1, 0.15) is 31.7 Å². The van der Waals surface area contributed by atoms with Gasteiger partial charge in [0.25, 0.3) is 5.91 Å². The Hall–Kier alpha value is -2.46. The molecule has 1 N–H and O–H groups in total. The third-order valence-corrected chi connectivity index (χ3v) is 8.06. The van der Waals surface area contributed by atoms with Gasteiger partial charge in [-0.05, 0) is 31.7 Å². The molecule has 3 atom stereocenters. The van der Waals surface area contributed by atoms with Crippen molar-refractivity contribution in [2.45, 2.75) is 43.9 Å². The van der Waals surface area contributed by atoms with Crippen molar-refractivity contribution in [3.63, 3.8) is 0 Å². The van der Waals surface area contributed by atoms with Crippen LogP contribution in [0, 0.1) is 0 Å². The second kappa shape index (κ2) is 8.23. The molecule has 0 radical (unpaired) electrons. The fraction of sp³-hybridized carbons (Fsp3) is 0.571. The van der Waals surface area contributed by atoms with Gasteiger partial charge in [0.2, 0.25) is 5.91 Å². The minimum atomic E-state index is -3.21. The number of nitrogens with zero attached hydrogens (tertiary/aromatic N) is 2. The summed E-state index contributed by atoms with van der Waals surface area (Å²) >= 11 is 0. The van der Waals surface area contributed by atoms with Gasteiger partial charge in [0.15, 0.2) is 9.84 Å². The van der Waals surface area contributed by atoms with Crippen LogP contribution in [0.2, 0.25) is 0 Å². The molecule has 1 aromatic rings. The Morgan fingerprint density at radius 1 is 1.26 bits per heavy atom. The van der Waals surface area contributed by atoms with E-state index in [1.165, 1.54) is 4.90 Å². The molecule has 4 rings (SSSR count). The largest absolute Gasteiger partial charge is 0.376 e. The summed E-state index contributed by atoms with van der Waals surface area (Å²) in [6, 6.07) is 7.75. The molecule has 168 valence electrons. The zero-order valence-electron chi connectivity index (χ0n) is 17.5. The maximum atomic E-state index is 13.2. The minimum Gasteiger partial charge on any atom is -0.376 e. The van der Waals surface area contributed by atoms with E-state index in [9.17, 15) is 22.8 Å². The number of ether oxygens (including phenoxy) is 1. The number of rotatable bonds is 6. The molecule has 9 nitrogen and oxygen atoms in total. The molecule has 0 unspecified atom stereocenters. The summed E-state index contributed by atoms with van der Waals surface area (Å²) in [6.45, 7) is 2.05. The van der Waals surface area contributed by atoms with Crippen LogP contribution in [-0.4, -0.2) is 79.4 Å². The van der Waals surface area contributed by atoms with E-state index in [1.54, 1.807) is 31.2 Å². The number of hydrogen-bond acceptors (Lipinski definition) is 6. The molecule has 3 heterocycles. The molecular formula is C21H27N3O6S. The van der Waals surface area contributed by atoms with Crippen molar-refractivity contribution in [1.29, 1.82) is 0 Å². The maximum Gasteiger partial charge on any atom is 0.325 e. The number of nitrogens with one attached hydrogen (secondary N) is 1. The number of amides is 4. The fourth-order valence-electron chi connectivity index (χ4n) is 4.52. The highest BCUT2D eigenvalue weighted by atomic mass is 32.2. The van der Waals surface area contributed by atoms with Gasteiger partial charge in [-0.25, -0.2) is 13.2 Å². The smallest absolute Gasteiger partial charge is 0.325 e. The highest BCUT2D eigenvalue weighted by molar-refractivity contribution is 7.91. The number of hydrogen-bond donors (Lipinski definition) is 1. The van der Waals surface area contributed by atoms with Crippen molar-refractivity contribution in [3.8, 4) is 0 Å². The first-order valence-electron chi connectivity index (χ1n) is 10.5. The molecule has 0 aromatic heterocycles. The molecule has 3 fully saturated rings. The second-order valence-corrected chi connectivity index (χ2v) is 10.8. The number of imide groups is 1. The molecular weight excluding hydrogens is 422 g/mol. The van der Waals surface area contributed by atoms with Gasteiger partial charge in [-0.3, -0.25) is 14.5 Å². The lowest BCUT2D eigenvalue weighted by atomic mass is 9.92. The van der Waals surface area contributed by atoms with E-state index in [4.69, 9.17) is 4.74 Å². The summed E-state index contributed by atoms with van der Waals surface area (Å²) in [4.78, 5) is 41.4. The van der Waals surface area contributed by atoms with Crippen LogP contribution in [0.4, 0.5) is 4.79 Å². The van der Waals surface area contributed by atoms with Crippen LogP contribution in [0.5, 0.6) is 0 Å². The van der Waals surface area contributed by atoms with Gasteiger partial charge >= 0.3 is 6.03 Å². The van der Waals surface area contributed by atoms with Gasteiger partial charge < -0.3 is 15.0 Å². The van der Waals surface area contributed by atoms with Gasteiger partial charge in [-0.15, -0.1) is 0 Å². The van der Waals surface area contributed by atoms with Crippen molar-refractivity contribution < 1.29 is 27.5 Å². The molecule has 0 spiro atoms. The van der Waals surface area contributed by atoms with Crippen molar-refractivity contribution in [1.82, 2.24) is 15.1 Å². The van der Waals surface area contributed by atoms with Gasteiger partial charge in [-0.2, -0.15) is 0 Å². The Bertz CT molecular complexity index is 976. The summed E-state index contributed by atoms with van der Waals surface area (Å²) in [5.41, 5.74) is -0.629. The summed E-state index contributed by atoms with van der Waals surface area (Å²) in [6.07, 6.45) is 1.86. The first kappa shape index (κ1) is 21.8. The third kappa shape index (κ3) is 4.31. The van der Waals surface area contributed by atoms with E-state index in [0.29, 0.717) is 18.6 Å². The second-order valence-electron chi connectivity index (χ2n) is 8.55. The number of carbonyl (C=O) groups excluding carboxylic acids is 3. The summed E-state index contributed by atoms with van der Waals surface area (Å²) < 4.78 is 29.6.